The predicted octanol–water partition coefficient (Wildman–Crippen LogP) is 7.95. The molecule has 2 aliphatic heterocycles. The maximum absolute atomic E-state index is 6.65. The van der Waals surface area contributed by atoms with Crippen LogP contribution in [0.5, 0.6) is 0 Å². The van der Waals surface area contributed by atoms with E-state index in [1.54, 1.807) is 0 Å². The van der Waals surface area contributed by atoms with E-state index in [1.807, 2.05) is 36.4 Å². The third kappa shape index (κ3) is 3.99. The smallest absolute Gasteiger partial charge is 0.0792 e. The van der Waals surface area contributed by atoms with Crippen LogP contribution in [0.1, 0.15) is 29.9 Å². The van der Waals surface area contributed by atoms with E-state index >= 15 is 0 Å². The van der Waals surface area contributed by atoms with Gasteiger partial charge in [0.05, 0.1) is 15.7 Å². The lowest BCUT2D eigenvalue weighted by atomic mass is 9.85. The Bertz CT molecular complexity index is 1130. The summed E-state index contributed by atoms with van der Waals surface area (Å²) in [5.41, 5.74) is 6.67. The molecule has 3 aromatic carbocycles. The number of fused-ring (bicyclic) bond motifs is 1. The van der Waals surface area contributed by atoms with Crippen molar-refractivity contribution < 1.29 is 0 Å². The van der Waals surface area contributed by atoms with Crippen LogP contribution in [0.15, 0.2) is 60.7 Å². The van der Waals surface area contributed by atoms with Gasteiger partial charge in [-0.25, -0.2) is 0 Å². The molecule has 0 spiro atoms. The molecule has 0 aliphatic carbocycles. The van der Waals surface area contributed by atoms with Gasteiger partial charge in [-0.2, -0.15) is 0 Å². The van der Waals surface area contributed by atoms with Gasteiger partial charge >= 0.3 is 0 Å². The topological polar surface area (TPSA) is 15.3 Å². The van der Waals surface area contributed by atoms with Gasteiger partial charge in [-0.05, 0) is 67.2 Å². The average molecular weight is 470 g/mol. The molecule has 2 heterocycles. The molecule has 0 radical (unpaired) electrons. The third-order valence-corrected chi connectivity index (χ3v) is 7.17. The molecule has 1 fully saturated rings. The Morgan fingerprint density at radius 2 is 1.52 bits per heavy atom. The Morgan fingerprint density at radius 1 is 0.806 bits per heavy atom. The molecule has 2 aliphatic rings. The number of hydrogen-bond acceptors (Lipinski definition) is 2. The van der Waals surface area contributed by atoms with Gasteiger partial charge < -0.3 is 10.2 Å². The standard InChI is InChI=1S/C26H23Cl3N2/c27-22-7-2-1-5-19(22)21-15-18(17-10-12-30-13-11-17)16-25-20(21)6-4-14-31(25)26-23(28)8-3-9-24(26)29/h1-9,15-17,30H,10-14H2. The summed E-state index contributed by atoms with van der Waals surface area (Å²) in [7, 11) is 0. The highest BCUT2D eigenvalue weighted by molar-refractivity contribution is 6.39. The van der Waals surface area contributed by atoms with Crippen molar-refractivity contribution in [2.45, 2.75) is 18.8 Å². The van der Waals surface area contributed by atoms with Crippen LogP contribution in [0.2, 0.25) is 15.1 Å². The molecule has 1 saturated heterocycles. The zero-order valence-electron chi connectivity index (χ0n) is 17.0. The van der Waals surface area contributed by atoms with Crippen molar-refractivity contribution in [3.8, 4) is 11.1 Å². The van der Waals surface area contributed by atoms with Crippen LogP contribution in [0.25, 0.3) is 17.2 Å². The second-order valence-corrected chi connectivity index (χ2v) is 9.31. The highest BCUT2D eigenvalue weighted by Gasteiger charge is 2.26. The Hall–Kier alpha value is -1.97. The van der Waals surface area contributed by atoms with E-state index in [4.69, 9.17) is 34.8 Å². The lowest BCUT2D eigenvalue weighted by Gasteiger charge is -2.33. The van der Waals surface area contributed by atoms with Crippen molar-refractivity contribution in [1.82, 2.24) is 5.32 Å². The van der Waals surface area contributed by atoms with Gasteiger partial charge in [0.15, 0.2) is 0 Å². The normalized spacial score (nSPS) is 16.4. The van der Waals surface area contributed by atoms with Crippen LogP contribution < -0.4 is 10.2 Å². The fourth-order valence-electron chi connectivity index (χ4n) is 4.68. The lowest BCUT2D eigenvalue weighted by Crippen LogP contribution is -2.27. The molecular formula is C26H23Cl3N2. The van der Waals surface area contributed by atoms with Gasteiger partial charge in [0, 0.05) is 28.4 Å². The molecule has 5 rings (SSSR count). The number of rotatable bonds is 3. The third-order valence-electron chi connectivity index (χ3n) is 6.23. The van der Waals surface area contributed by atoms with E-state index in [-0.39, 0.29) is 0 Å². The quantitative estimate of drug-likeness (QED) is 0.419. The molecule has 158 valence electrons. The lowest BCUT2D eigenvalue weighted by molar-refractivity contribution is 0.460. The number of benzene rings is 3. The molecule has 0 bridgehead atoms. The first-order chi connectivity index (χ1) is 15.1. The van der Waals surface area contributed by atoms with Gasteiger partial charge in [-0.1, -0.05) is 77.3 Å². The van der Waals surface area contributed by atoms with E-state index in [9.17, 15) is 0 Å². The summed E-state index contributed by atoms with van der Waals surface area (Å²) in [5.74, 6) is 0.516. The summed E-state index contributed by atoms with van der Waals surface area (Å²) < 4.78 is 0. The van der Waals surface area contributed by atoms with Crippen molar-refractivity contribution in [2.75, 3.05) is 24.5 Å². The zero-order valence-corrected chi connectivity index (χ0v) is 19.3. The molecular weight excluding hydrogens is 447 g/mol. The van der Waals surface area contributed by atoms with Crippen molar-refractivity contribution in [1.29, 1.82) is 0 Å². The summed E-state index contributed by atoms with van der Waals surface area (Å²) in [6, 6.07) is 18.4. The first kappa shape index (κ1) is 20.9. The number of nitrogens with zero attached hydrogens (tertiary/aromatic N) is 1. The zero-order chi connectivity index (χ0) is 21.4. The monoisotopic (exact) mass is 468 g/mol. The highest BCUT2D eigenvalue weighted by atomic mass is 35.5. The molecule has 31 heavy (non-hydrogen) atoms. The Morgan fingerprint density at radius 3 is 2.26 bits per heavy atom. The first-order valence-electron chi connectivity index (χ1n) is 10.6. The van der Waals surface area contributed by atoms with Crippen LogP contribution in [0.4, 0.5) is 11.4 Å². The molecule has 0 aromatic heterocycles. The molecule has 0 atom stereocenters. The number of nitrogens with one attached hydrogen (secondary N) is 1. The second-order valence-electron chi connectivity index (χ2n) is 8.09. The minimum Gasteiger partial charge on any atom is -0.335 e. The average Bonchev–Trinajstić information content (AvgIpc) is 2.79. The van der Waals surface area contributed by atoms with Crippen molar-refractivity contribution in [3.63, 3.8) is 0 Å². The number of halogens is 3. The van der Waals surface area contributed by atoms with E-state index in [0.717, 1.165) is 59.0 Å². The maximum Gasteiger partial charge on any atom is 0.0792 e. The van der Waals surface area contributed by atoms with E-state index in [0.29, 0.717) is 22.5 Å². The van der Waals surface area contributed by atoms with Crippen LogP contribution in [0, 0.1) is 0 Å². The highest BCUT2D eigenvalue weighted by Crippen LogP contribution is 2.46. The number of hydrogen-bond donors (Lipinski definition) is 1. The second kappa shape index (κ2) is 8.88. The summed E-state index contributed by atoms with van der Waals surface area (Å²) in [6.07, 6.45) is 6.61. The molecule has 1 N–H and O–H groups in total. The maximum atomic E-state index is 6.65. The molecule has 5 heteroatoms. The fraction of sp³-hybridized carbons (Fsp3) is 0.231. The number of para-hydroxylation sites is 1. The van der Waals surface area contributed by atoms with Gasteiger partial charge in [-0.15, -0.1) is 0 Å². The summed E-state index contributed by atoms with van der Waals surface area (Å²) in [5, 5.41) is 5.54. The Kier molecular flexibility index (Phi) is 5.99. The van der Waals surface area contributed by atoms with E-state index in [1.165, 1.54) is 5.56 Å². The van der Waals surface area contributed by atoms with Crippen molar-refractivity contribution >= 4 is 52.3 Å². The fourth-order valence-corrected chi connectivity index (χ4v) is 5.52. The summed E-state index contributed by atoms with van der Waals surface area (Å²) in [6.45, 7) is 2.81. The molecule has 0 unspecified atom stereocenters. The van der Waals surface area contributed by atoms with E-state index < -0.39 is 0 Å². The molecule has 0 saturated carbocycles. The minimum atomic E-state index is 0.516. The molecule has 2 nitrogen and oxygen atoms in total. The van der Waals surface area contributed by atoms with Crippen LogP contribution in [0.3, 0.4) is 0 Å². The van der Waals surface area contributed by atoms with Crippen molar-refractivity contribution in [3.05, 3.63) is 86.9 Å². The number of piperidine rings is 1. The Balaban J connectivity index is 1.74. The van der Waals surface area contributed by atoms with Gasteiger partial charge in [0.25, 0.3) is 0 Å². The van der Waals surface area contributed by atoms with Crippen molar-refractivity contribution in [2.24, 2.45) is 0 Å². The summed E-state index contributed by atoms with van der Waals surface area (Å²) in [4.78, 5) is 2.23. The molecule has 3 aromatic rings. The number of anilines is 2. The minimum absolute atomic E-state index is 0.516. The molecule has 0 amide bonds. The summed E-state index contributed by atoms with van der Waals surface area (Å²) >= 11 is 19.9. The van der Waals surface area contributed by atoms with Gasteiger partial charge in [0.1, 0.15) is 0 Å². The predicted molar refractivity (Wildman–Crippen MR) is 134 cm³/mol. The van der Waals surface area contributed by atoms with Gasteiger partial charge in [-0.3, -0.25) is 0 Å². The largest absolute Gasteiger partial charge is 0.335 e. The van der Waals surface area contributed by atoms with Crippen LogP contribution >= 0.6 is 34.8 Å². The van der Waals surface area contributed by atoms with Crippen LogP contribution in [-0.2, 0) is 0 Å². The SMILES string of the molecule is Clc1ccccc1-c1cc(C2CCNCC2)cc2c1C=CCN2c1c(Cl)cccc1Cl. The van der Waals surface area contributed by atoms with Gasteiger partial charge in [0.2, 0.25) is 0 Å². The first-order valence-corrected chi connectivity index (χ1v) is 11.8. The van der Waals surface area contributed by atoms with Crippen LogP contribution in [-0.4, -0.2) is 19.6 Å². The Labute approximate surface area is 198 Å². The van der Waals surface area contributed by atoms with E-state index in [2.05, 4.69) is 40.6 Å².